The van der Waals surface area contributed by atoms with Gasteiger partial charge >= 0.3 is 0 Å². The zero-order valence-electron chi connectivity index (χ0n) is 11.6. The van der Waals surface area contributed by atoms with E-state index in [0.717, 1.165) is 24.3 Å². The van der Waals surface area contributed by atoms with Crippen LogP contribution in [0.3, 0.4) is 0 Å². The number of rotatable bonds is 2. The van der Waals surface area contributed by atoms with E-state index in [1.165, 1.54) is 12.0 Å². The normalized spacial score (nSPS) is 18.3. The highest BCUT2D eigenvalue weighted by atomic mass is 15.2. The minimum Gasteiger partial charge on any atom is -0.349 e. The molecule has 1 aliphatic rings. The molecule has 1 aliphatic heterocycles. The van der Waals surface area contributed by atoms with E-state index in [1.807, 2.05) is 30.6 Å². The smallest absolute Gasteiger partial charge is 0.180 e. The van der Waals surface area contributed by atoms with Gasteiger partial charge in [-0.2, -0.15) is 0 Å². The van der Waals surface area contributed by atoms with Gasteiger partial charge in [-0.1, -0.05) is 6.07 Å². The Bertz CT molecular complexity index is 759. The van der Waals surface area contributed by atoms with Crippen LogP contribution in [0.4, 0.5) is 5.82 Å². The van der Waals surface area contributed by atoms with Crippen molar-refractivity contribution in [3.05, 3.63) is 54.6 Å². The lowest BCUT2D eigenvalue weighted by molar-refractivity contribution is 0.709. The summed E-state index contributed by atoms with van der Waals surface area (Å²) in [5.41, 5.74) is 2.78. The van der Waals surface area contributed by atoms with Crippen LogP contribution in [-0.4, -0.2) is 26.5 Å². The SMILES string of the molecule is c1cncc(C2CCCN2c2ccc3nccnc3n2)c1. The van der Waals surface area contributed by atoms with Crippen molar-refractivity contribution in [2.24, 2.45) is 0 Å². The molecule has 4 rings (SSSR count). The fraction of sp³-hybridized carbons (Fsp3) is 0.250. The third kappa shape index (κ3) is 2.20. The molecule has 0 saturated carbocycles. The molecule has 0 spiro atoms. The molecular formula is C16H15N5. The Morgan fingerprint density at radius 2 is 2.00 bits per heavy atom. The molecule has 5 heteroatoms. The van der Waals surface area contributed by atoms with Gasteiger partial charge in [0, 0.05) is 31.3 Å². The fourth-order valence-electron chi connectivity index (χ4n) is 2.96. The van der Waals surface area contributed by atoms with E-state index < -0.39 is 0 Å². The molecule has 1 fully saturated rings. The van der Waals surface area contributed by atoms with Crippen LogP contribution in [-0.2, 0) is 0 Å². The largest absolute Gasteiger partial charge is 0.349 e. The molecule has 1 saturated heterocycles. The summed E-state index contributed by atoms with van der Waals surface area (Å²) in [6, 6.07) is 8.50. The highest BCUT2D eigenvalue weighted by Crippen LogP contribution is 2.35. The number of aromatic nitrogens is 4. The van der Waals surface area contributed by atoms with Crippen LogP contribution in [0.15, 0.2) is 49.1 Å². The summed E-state index contributed by atoms with van der Waals surface area (Å²) in [5, 5.41) is 0. The first-order valence-corrected chi connectivity index (χ1v) is 7.16. The third-order valence-electron chi connectivity index (χ3n) is 3.93. The van der Waals surface area contributed by atoms with Crippen molar-refractivity contribution in [2.45, 2.75) is 18.9 Å². The van der Waals surface area contributed by atoms with E-state index in [9.17, 15) is 0 Å². The molecule has 104 valence electrons. The highest BCUT2D eigenvalue weighted by Gasteiger charge is 2.27. The lowest BCUT2D eigenvalue weighted by Gasteiger charge is -2.25. The van der Waals surface area contributed by atoms with Crippen molar-refractivity contribution in [3.63, 3.8) is 0 Å². The maximum absolute atomic E-state index is 4.66. The summed E-state index contributed by atoms with van der Waals surface area (Å²) in [7, 11) is 0. The summed E-state index contributed by atoms with van der Waals surface area (Å²) >= 11 is 0. The van der Waals surface area contributed by atoms with Gasteiger partial charge in [0.1, 0.15) is 11.3 Å². The van der Waals surface area contributed by atoms with Gasteiger partial charge in [-0.05, 0) is 36.6 Å². The molecule has 0 aliphatic carbocycles. The maximum Gasteiger partial charge on any atom is 0.180 e. The predicted octanol–water partition coefficient (Wildman–Crippen LogP) is 2.76. The van der Waals surface area contributed by atoms with Gasteiger partial charge in [0.25, 0.3) is 0 Å². The number of hydrogen-bond donors (Lipinski definition) is 0. The lowest BCUT2D eigenvalue weighted by Crippen LogP contribution is -2.23. The van der Waals surface area contributed by atoms with Crippen LogP contribution in [0.1, 0.15) is 24.4 Å². The Kier molecular flexibility index (Phi) is 2.96. The highest BCUT2D eigenvalue weighted by molar-refractivity contribution is 5.71. The second kappa shape index (κ2) is 5.09. The second-order valence-corrected chi connectivity index (χ2v) is 5.21. The minimum atomic E-state index is 0.348. The predicted molar refractivity (Wildman–Crippen MR) is 80.9 cm³/mol. The molecule has 5 nitrogen and oxygen atoms in total. The molecule has 0 amide bonds. The van der Waals surface area contributed by atoms with Crippen molar-refractivity contribution < 1.29 is 0 Å². The molecule has 0 radical (unpaired) electrons. The van der Waals surface area contributed by atoms with Crippen LogP contribution in [0.25, 0.3) is 11.2 Å². The number of fused-ring (bicyclic) bond motifs is 1. The van der Waals surface area contributed by atoms with Crippen molar-refractivity contribution in [1.82, 2.24) is 19.9 Å². The van der Waals surface area contributed by atoms with Crippen molar-refractivity contribution >= 4 is 17.0 Å². The van der Waals surface area contributed by atoms with Gasteiger partial charge in [0.05, 0.1) is 6.04 Å². The molecule has 1 atom stereocenters. The van der Waals surface area contributed by atoms with Gasteiger partial charge in [0.15, 0.2) is 5.65 Å². The zero-order valence-corrected chi connectivity index (χ0v) is 11.6. The van der Waals surface area contributed by atoms with Crippen molar-refractivity contribution in [3.8, 4) is 0 Å². The molecule has 0 N–H and O–H groups in total. The molecule has 1 unspecified atom stereocenters. The van der Waals surface area contributed by atoms with Crippen LogP contribution in [0, 0.1) is 0 Å². The Labute approximate surface area is 122 Å². The first kappa shape index (κ1) is 12.2. The van der Waals surface area contributed by atoms with Gasteiger partial charge < -0.3 is 4.90 Å². The average Bonchev–Trinajstić information content (AvgIpc) is 3.05. The summed E-state index contributed by atoms with van der Waals surface area (Å²) in [5.74, 6) is 0.967. The second-order valence-electron chi connectivity index (χ2n) is 5.21. The maximum atomic E-state index is 4.66. The van der Waals surface area contributed by atoms with Crippen molar-refractivity contribution in [1.29, 1.82) is 0 Å². The quantitative estimate of drug-likeness (QED) is 0.721. The van der Waals surface area contributed by atoms with Gasteiger partial charge in [-0.3, -0.25) is 9.97 Å². The summed E-state index contributed by atoms with van der Waals surface area (Å²) in [6.07, 6.45) is 9.43. The molecular weight excluding hydrogens is 262 g/mol. The van der Waals surface area contributed by atoms with Crippen LogP contribution < -0.4 is 4.90 Å². The van der Waals surface area contributed by atoms with Crippen LogP contribution >= 0.6 is 0 Å². The van der Waals surface area contributed by atoms with E-state index in [0.29, 0.717) is 11.7 Å². The fourth-order valence-corrected chi connectivity index (χ4v) is 2.96. The van der Waals surface area contributed by atoms with Crippen molar-refractivity contribution in [2.75, 3.05) is 11.4 Å². The molecule has 4 heterocycles. The molecule has 0 aromatic carbocycles. The van der Waals surface area contributed by atoms with Gasteiger partial charge in [-0.25, -0.2) is 9.97 Å². The number of nitrogens with zero attached hydrogens (tertiary/aromatic N) is 5. The molecule has 3 aromatic heterocycles. The molecule has 3 aromatic rings. The minimum absolute atomic E-state index is 0.348. The Morgan fingerprint density at radius 3 is 2.90 bits per heavy atom. The molecule has 21 heavy (non-hydrogen) atoms. The lowest BCUT2D eigenvalue weighted by atomic mass is 10.1. The zero-order chi connectivity index (χ0) is 14.1. The topological polar surface area (TPSA) is 54.8 Å². The van der Waals surface area contributed by atoms with E-state index in [4.69, 9.17) is 0 Å². The Balaban J connectivity index is 1.73. The Morgan fingerprint density at radius 1 is 1.05 bits per heavy atom. The summed E-state index contributed by atoms with van der Waals surface area (Å²) < 4.78 is 0. The van der Waals surface area contributed by atoms with E-state index >= 15 is 0 Å². The van der Waals surface area contributed by atoms with E-state index in [2.05, 4.69) is 30.9 Å². The number of pyridine rings is 2. The third-order valence-corrected chi connectivity index (χ3v) is 3.93. The van der Waals surface area contributed by atoms with Gasteiger partial charge in [0.2, 0.25) is 0 Å². The van der Waals surface area contributed by atoms with Crippen LogP contribution in [0.2, 0.25) is 0 Å². The molecule has 0 bridgehead atoms. The van der Waals surface area contributed by atoms with E-state index in [-0.39, 0.29) is 0 Å². The number of hydrogen-bond acceptors (Lipinski definition) is 5. The Hall–Kier alpha value is -2.56. The summed E-state index contributed by atoms with van der Waals surface area (Å²) in [6.45, 7) is 1.01. The first-order chi connectivity index (χ1) is 10.4. The first-order valence-electron chi connectivity index (χ1n) is 7.16. The van der Waals surface area contributed by atoms with Crippen LogP contribution in [0.5, 0.6) is 0 Å². The monoisotopic (exact) mass is 277 g/mol. The average molecular weight is 277 g/mol. The number of anilines is 1. The summed E-state index contributed by atoms with van der Waals surface area (Å²) in [4.78, 5) is 19.8. The van der Waals surface area contributed by atoms with Gasteiger partial charge in [-0.15, -0.1) is 0 Å². The standard InChI is InChI=1S/C16H15N5/c1-3-12(11-17-7-1)14-4-2-10-21(14)15-6-5-13-16(20-15)19-9-8-18-13/h1,3,5-9,11,14H,2,4,10H2. The van der Waals surface area contributed by atoms with E-state index in [1.54, 1.807) is 12.4 Å².